The highest BCUT2D eigenvalue weighted by molar-refractivity contribution is 7.91. The van der Waals surface area contributed by atoms with Crippen molar-refractivity contribution < 1.29 is 8.42 Å². The summed E-state index contributed by atoms with van der Waals surface area (Å²) in [6, 6.07) is 52.5. The third kappa shape index (κ3) is 4.42. The van der Waals surface area contributed by atoms with E-state index in [4.69, 9.17) is 9.97 Å². The van der Waals surface area contributed by atoms with Gasteiger partial charge in [0, 0.05) is 50.4 Å². The predicted octanol–water partition coefficient (Wildman–Crippen LogP) is 10.5. The molecule has 11 rings (SSSR count). The first-order chi connectivity index (χ1) is 27.5. The number of para-hydroxylation sites is 3. The van der Waals surface area contributed by atoms with Gasteiger partial charge in [-0.25, -0.2) is 18.4 Å². The molecule has 0 amide bonds. The lowest BCUT2D eigenvalue weighted by Gasteiger charge is -2.13. The van der Waals surface area contributed by atoms with Crippen LogP contribution in [0.25, 0.3) is 82.7 Å². The summed E-state index contributed by atoms with van der Waals surface area (Å²) in [5.74, 6) is 1.60. The van der Waals surface area contributed by atoms with Crippen LogP contribution in [0.15, 0.2) is 180 Å². The maximum atomic E-state index is 13.9. The molecule has 9 heteroatoms. The van der Waals surface area contributed by atoms with Gasteiger partial charge < -0.3 is 4.57 Å². The van der Waals surface area contributed by atoms with E-state index in [1.807, 2.05) is 73.1 Å². The van der Waals surface area contributed by atoms with Crippen LogP contribution in [-0.2, 0) is 9.84 Å². The van der Waals surface area contributed by atoms with E-state index in [9.17, 15) is 13.7 Å². The Hall–Kier alpha value is -7.54. The van der Waals surface area contributed by atoms with Crippen LogP contribution in [0.5, 0.6) is 0 Å². The van der Waals surface area contributed by atoms with Crippen molar-refractivity contribution in [1.29, 1.82) is 5.26 Å². The maximum Gasteiger partial charge on any atom is 0.206 e. The number of pyridine rings is 2. The monoisotopic (exact) mass is 740 g/mol. The Balaban J connectivity index is 1.35. The van der Waals surface area contributed by atoms with Crippen LogP contribution in [0.3, 0.4) is 0 Å². The largest absolute Gasteiger partial charge is 0.308 e. The number of hydrogen-bond donors (Lipinski definition) is 0. The molecule has 0 bridgehead atoms. The number of nitrogens with zero attached hydrogens (tertiary/aromatic N) is 6. The topological polar surface area (TPSA) is 98.5 Å². The lowest BCUT2D eigenvalue weighted by atomic mass is 10.0. The van der Waals surface area contributed by atoms with Crippen molar-refractivity contribution in [2.45, 2.75) is 9.79 Å². The number of hydrogen-bond acceptors (Lipinski definition) is 5. The zero-order valence-electron chi connectivity index (χ0n) is 29.6. The smallest absolute Gasteiger partial charge is 0.206 e. The number of benzene rings is 6. The summed E-state index contributed by atoms with van der Waals surface area (Å²) in [6.07, 6.45) is 3.65. The van der Waals surface area contributed by atoms with Gasteiger partial charge in [0.25, 0.3) is 0 Å². The second-order valence-corrected chi connectivity index (χ2v) is 15.7. The van der Waals surface area contributed by atoms with Crippen molar-refractivity contribution in [3.05, 3.63) is 176 Å². The van der Waals surface area contributed by atoms with Gasteiger partial charge >= 0.3 is 0 Å². The Kier molecular flexibility index (Phi) is 6.83. The Labute approximate surface area is 320 Å². The molecule has 0 N–H and O–H groups in total. The van der Waals surface area contributed by atoms with Crippen LogP contribution in [-0.4, -0.2) is 32.1 Å². The minimum Gasteiger partial charge on any atom is -0.308 e. The molecule has 0 aliphatic carbocycles. The molecule has 0 aliphatic rings. The van der Waals surface area contributed by atoms with Gasteiger partial charge in [0.05, 0.1) is 54.5 Å². The van der Waals surface area contributed by atoms with E-state index >= 15 is 0 Å². The summed E-state index contributed by atoms with van der Waals surface area (Å²) in [5.41, 5.74) is 7.12. The van der Waals surface area contributed by atoms with Gasteiger partial charge in [0.1, 0.15) is 11.6 Å². The van der Waals surface area contributed by atoms with Gasteiger partial charge in [-0.05, 0) is 84.9 Å². The van der Waals surface area contributed by atoms with E-state index in [0.29, 0.717) is 0 Å². The van der Waals surface area contributed by atoms with Crippen molar-refractivity contribution in [3.8, 4) is 23.4 Å². The predicted molar refractivity (Wildman–Crippen MR) is 222 cm³/mol. The molecule has 0 unspecified atom stereocenters. The number of aromatic nitrogens is 5. The Morgan fingerprint density at radius 3 is 1.41 bits per heavy atom. The molecule has 0 fully saturated rings. The molecule has 5 aromatic heterocycles. The minimum absolute atomic E-state index is 0.0787. The SMILES string of the molecule is N#Cc1cccc(S(=O)(=O)c2ccc(-n3c4ccccc4c4c3c3c5ccccc5n(-c5ccccn5)c3c3c5ccccc5n(-c5ccccn5)c43)cc2)c1. The number of fused-ring (bicyclic) bond motifs is 12. The van der Waals surface area contributed by atoms with E-state index in [1.165, 1.54) is 12.1 Å². The molecule has 0 aliphatic heterocycles. The van der Waals surface area contributed by atoms with Crippen LogP contribution in [0.2, 0.25) is 0 Å². The molecule has 5 heterocycles. The zero-order valence-corrected chi connectivity index (χ0v) is 30.4. The summed E-state index contributed by atoms with van der Waals surface area (Å²) in [6.45, 7) is 0. The molecular formula is C47H28N6O2S. The van der Waals surface area contributed by atoms with Crippen molar-refractivity contribution in [2.24, 2.45) is 0 Å². The van der Waals surface area contributed by atoms with E-state index < -0.39 is 9.84 Å². The highest BCUT2D eigenvalue weighted by Gasteiger charge is 2.29. The van der Waals surface area contributed by atoms with Crippen LogP contribution in [0.4, 0.5) is 0 Å². The lowest BCUT2D eigenvalue weighted by Crippen LogP contribution is -2.03. The molecule has 0 spiro atoms. The first-order valence-electron chi connectivity index (χ1n) is 18.1. The lowest BCUT2D eigenvalue weighted by molar-refractivity contribution is 0.596. The molecule has 0 saturated heterocycles. The van der Waals surface area contributed by atoms with Crippen molar-refractivity contribution in [1.82, 2.24) is 23.7 Å². The number of rotatable bonds is 5. The fourth-order valence-electron chi connectivity index (χ4n) is 8.51. The van der Waals surface area contributed by atoms with Crippen molar-refractivity contribution in [3.63, 3.8) is 0 Å². The molecule has 6 aromatic carbocycles. The Bertz CT molecular complexity index is 3470. The maximum absolute atomic E-state index is 13.9. The van der Waals surface area contributed by atoms with Crippen LogP contribution < -0.4 is 0 Å². The van der Waals surface area contributed by atoms with Crippen molar-refractivity contribution >= 4 is 75.3 Å². The minimum atomic E-state index is -3.89. The van der Waals surface area contributed by atoms with Crippen LogP contribution >= 0.6 is 0 Å². The Morgan fingerprint density at radius 2 is 0.929 bits per heavy atom. The van der Waals surface area contributed by atoms with Gasteiger partial charge in [-0.1, -0.05) is 72.8 Å². The number of nitriles is 1. The summed E-state index contributed by atoms with van der Waals surface area (Å²) >= 11 is 0. The van der Waals surface area contributed by atoms with Gasteiger partial charge in [0.2, 0.25) is 9.84 Å². The molecule has 0 saturated carbocycles. The molecule has 0 radical (unpaired) electrons. The highest BCUT2D eigenvalue weighted by Crippen LogP contribution is 2.49. The Morgan fingerprint density at radius 1 is 0.464 bits per heavy atom. The standard InChI is InChI=1S/C47H28N6O2S/c48-29-30-12-11-13-33(28-30)56(54,55)32-24-22-31(23-25-32)51-37-17-4-1-14-34(37)42-45(51)43-35-15-2-5-18-38(35)52(40-20-7-9-26-49-40)47(43)44-36-16-3-6-19-39(36)53(46(42)44)41-21-8-10-27-50-41/h1-28H. The first kappa shape index (κ1) is 31.9. The fraction of sp³-hybridized carbons (Fsp3) is 0. The summed E-state index contributed by atoms with van der Waals surface area (Å²) in [4.78, 5) is 10.0. The summed E-state index contributed by atoms with van der Waals surface area (Å²) < 4.78 is 34.5. The first-order valence-corrected chi connectivity index (χ1v) is 19.6. The van der Waals surface area contributed by atoms with Crippen LogP contribution in [0, 0.1) is 11.3 Å². The van der Waals surface area contributed by atoms with E-state index in [-0.39, 0.29) is 15.4 Å². The zero-order chi connectivity index (χ0) is 37.5. The molecule has 264 valence electrons. The van der Waals surface area contributed by atoms with Gasteiger partial charge in [-0.3, -0.25) is 9.13 Å². The molecule has 11 aromatic rings. The van der Waals surface area contributed by atoms with Gasteiger partial charge in [-0.15, -0.1) is 0 Å². The average molecular weight is 741 g/mol. The quantitative estimate of drug-likeness (QED) is 0.175. The van der Waals surface area contributed by atoms with Gasteiger partial charge in [0.15, 0.2) is 0 Å². The van der Waals surface area contributed by atoms with E-state index in [1.54, 1.807) is 24.3 Å². The van der Waals surface area contributed by atoms with E-state index in [0.717, 1.165) is 82.7 Å². The molecule has 56 heavy (non-hydrogen) atoms. The third-order valence-corrected chi connectivity index (χ3v) is 12.5. The normalized spacial score (nSPS) is 12.1. The fourth-order valence-corrected chi connectivity index (χ4v) is 9.81. The molecule has 8 nitrogen and oxygen atoms in total. The van der Waals surface area contributed by atoms with E-state index in [2.05, 4.69) is 80.4 Å². The summed E-state index contributed by atoms with van der Waals surface area (Å²) in [7, 11) is -3.89. The highest BCUT2D eigenvalue weighted by atomic mass is 32.2. The third-order valence-electron chi connectivity index (χ3n) is 10.8. The molecular weight excluding hydrogens is 713 g/mol. The summed E-state index contributed by atoms with van der Waals surface area (Å²) in [5, 5.41) is 15.8. The second kappa shape index (κ2) is 12.0. The van der Waals surface area contributed by atoms with Gasteiger partial charge in [-0.2, -0.15) is 5.26 Å². The molecule has 0 atom stereocenters. The van der Waals surface area contributed by atoms with Crippen molar-refractivity contribution in [2.75, 3.05) is 0 Å². The number of sulfone groups is 1. The van der Waals surface area contributed by atoms with Crippen LogP contribution in [0.1, 0.15) is 5.56 Å². The second-order valence-electron chi connectivity index (χ2n) is 13.7. The average Bonchev–Trinajstić information content (AvgIpc) is 3.90.